The third-order valence-electron chi connectivity index (χ3n) is 6.29. The fraction of sp³-hybridized carbons (Fsp3) is 0.633. The molecule has 2 rings (SSSR count). The van der Waals surface area contributed by atoms with Gasteiger partial charge in [-0.3, -0.25) is 9.59 Å². The minimum Gasteiger partial charge on any atom is -0.333 e. The van der Waals surface area contributed by atoms with Gasteiger partial charge in [0.1, 0.15) is 5.82 Å². The van der Waals surface area contributed by atoms with Gasteiger partial charge in [-0.05, 0) is 42.7 Å². The zero-order valence-corrected chi connectivity index (χ0v) is 24.1. The van der Waals surface area contributed by atoms with Crippen LogP contribution in [0.5, 0.6) is 0 Å². The lowest BCUT2D eigenvalue weighted by molar-refractivity contribution is -0.135. The van der Waals surface area contributed by atoms with Gasteiger partial charge in [0, 0.05) is 24.4 Å². The Kier molecular flexibility index (Phi) is 10.3. The zero-order valence-electron chi connectivity index (χ0n) is 24.1. The molecule has 0 aliphatic heterocycles. The molecule has 0 spiro atoms. The highest BCUT2D eigenvalue weighted by molar-refractivity contribution is 5.94. The van der Waals surface area contributed by atoms with Crippen LogP contribution in [-0.2, 0) is 15.0 Å². The van der Waals surface area contributed by atoms with E-state index in [9.17, 15) is 9.59 Å². The van der Waals surface area contributed by atoms with E-state index < -0.39 is 0 Å². The van der Waals surface area contributed by atoms with Gasteiger partial charge in [-0.2, -0.15) is 5.10 Å². The maximum absolute atomic E-state index is 13.3. The fourth-order valence-electron chi connectivity index (χ4n) is 4.57. The summed E-state index contributed by atoms with van der Waals surface area (Å²) < 4.78 is 1.81. The molecule has 2 amide bonds. The lowest BCUT2D eigenvalue weighted by Gasteiger charge is -2.27. The average Bonchev–Trinajstić information content (AvgIpc) is 3.16. The van der Waals surface area contributed by atoms with E-state index in [0.29, 0.717) is 18.8 Å². The van der Waals surface area contributed by atoms with Crippen molar-refractivity contribution < 1.29 is 9.59 Å². The van der Waals surface area contributed by atoms with Crippen molar-refractivity contribution in [1.29, 1.82) is 0 Å². The summed E-state index contributed by atoms with van der Waals surface area (Å²) in [5.41, 5.74) is 2.89. The molecule has 1 unspecified atom stereocenters. The predicted molar refractivity (Wildman–Crippen MR) is 150 cm³/mol. The molecule has 1 aromatic carbocycles. The molecule has 6 nitrogen and oxygen atoms in total. The van der Waals surface area contributed by atoms with Gasteiger partial charge < -0.3 is 10.2 Å². The summed E-state index contributed by atoms with van der Waals surface area (Å²) in [5.74, 6) is 0.756. The molecule has 0 radical (unpaired) electrons. The van der Waals surface area contributed by atoms with E-state index in [1.165, 1.54) is 0 Å². The van der Waals surface area contributed by atoms with Crippen LogP contribution in [0.1, 0.15) is 98.8 Å². The molecule has 0 saturated carbocycles. The molecule has 1 heterocycles. The summed E-state index contributed by atoms with van der Waals surface area (Å²) in [5, 5.41) is 7.90. The molecule has 36 heavy (non-hydrogen) atoms. The zero-order chi connectivity index (χ0) is 27.1. The molecular weight excluding hydrogens is 448 g/mol. The van der Waals surface area contributed by atoms with Gasteiger partial charge in [-0.1, -0.05) is 86.4 Å². The average molecular weight is 497 g/mol. The van der Waals surface area contributed by atoms with Crippen molar-refractivity contribution in [3.63, 3.8) is 0 Å². The van der Waals surface area contributed by atoms with Crippen molar-refractivity contribution in [1.82, 2.24) is 14.7 Å². The first kappa shape index (κ1) is 29.6. The second-order valence-corrected chi connectivity index (χ2v) is 12.5. The first-order chi connectivity index (χ1) is 16.7. The van der Waals surface area contributed by atoms with Crippen molar-refractivity contribution in [2.75, 3.05) is 18.4 Å². The van der Waals surface area contributed by atoms with Gasteiger partial charge in [0.25, 0.3) is 0 Å². The van der Waals surface area contributed by atoms with Crippen molar-refractivity contribution in [3.8, 4) is 5.69 Å². The van der Waals surface area contributed by atoms with Gasteiger partial charge in [-0.15, -0.1) is 0 Å². The van der Waals surface area contributed by atoms with Crippen molar-refractivity contribution in [2.45, 2.75) is 99.8 Å². The first-order valence-corrected chi connectivity index (χ1v) is 13.5. The van der Waals surface area contributed by atoms with Gasteiger partial charge >= 0.3 is 0 Å². The number of hydrogen-bond acceptors (Lipinski definition) is 3. The van der Waals surface area contributed by atoms with Crippen LogP contribution in [0.25, 0.3) is 5.69 Å². The lowest BCUT2D eigenvalue weighted by atomic mass is 9.84. The largest absolute Gasteiger partial charge is 0.333 e. The van der Waals surface area contributed by atoms with Crippen LogP contribution in [0.2, 0.25) is 0 Å². The summed E-state index contributed by atoms with van der Waals surface area (Å²) in [6.45, 7) is 19.9. The van der Waals surface area contributed by atoms with Crippen LogP contribution in [0, 0.1) is 18.3 Å². The maximum Gasteiger partial charge on any atom is 0.245 e. The van der Waals surface area contributed by atoms with E-state index in [1.807, 2.05) is 41.9 Å². The van der Waals surface area contributed by atoms with Crippen LogP contribution in [0.4, 0.5) is 5.82 Å². The minimum atomic E-state index is -0.196. The summed E-state index contributed by atoms with van der Waals surface area (Å²) in [4.78, 5) is 28.2. The molecule has 0 aliphatic rings. The Morgan fingerprint density at radius 3 is 2.33 bits per heavy atom. The molecule has 6 heteroatoms. The smallest absolute Gasteiger partial charge is 0.245 e. The Labute approximate surface area is 218 Å². The number of rotatable bonds is 11. The van der Waals surface area contributed by atoms with E-state index in [2.05, 4.69) is 60.7 Å². The third kappa shape index (κ3) is 9.11. The Hall–Kier alpha value is -2.63. The Bertz CT molecular complexity index is 1010. The van der Waals surface area contributed by atoms with Gasteiger partial charge in [0.15, 0.2) is 0 Å². The van der Waals surface area contributed by atoms with E-state index in [4.69, 9.17) is 5.10 Å². The van der Waals surface area contributed by atoms with Gasteiger partial charge in [0.2, 0.25) is 11.8 Å². The molecule has 1 N–H and O–H groups in total. The Morgan fingerprint density at radius 2 is 1.75 bits per heavy atom. The summed E-state index contributed by atoms with van der Waals surface area (Å²) in [7, 11) is 0. The number of hydrogen-bond donors (Lipinski definition) is 1. The van der Waals surface area contributed by atoms with Gasteiger partial charge in [-0.25, -0.2) is 4.68 Å². The minimum absolute atomic E-state index is 0.0502. The molecule has 200 valence electrons. The standard InChI is InChI=1S/C30H48N4O2/c1-10-11-14-17-33(28(36)18-22(2)20-29(4,5)6)21-27(35)31-26-19-25(30(7,8)9)32-34(26)24-16-13-12-15-23(24)3/h12-13,15-16,19,22H,10-11,14,17-18,20-21H2,1-9H3,(H,31,35). The highest BCUT2D eigenvalue weighted by Gasteiger charge is 2.25. The predicted octanol–water partition coefficient (Wildman–Crippen LogP) is 6.90. The number of aryl methyl sites for hydroxylation is 1. The normalized spacial score (nSPS) is 12.9. The monoisotopic (exact) mass is 496 g/mol. The second kappa shape index (κ2) is 12.6. The van der Waals surface area contributed by atoms with E-state index >= 15 is 0 Å². The number of carbonyl (C=O) groups excluding carboxylic acids is 2. The lowest BCUT2D eigenvalue weighted by Crippen LogP contribution is -2.39. The fourth-order valence-corrected chi connectivity index (χ4v) is 4.57. The van der Waals surface area contributed by atoms with Crippen molar-refractivity contribution in [2.24, 2.45) is 11.3 Å². The van der Waals surface area contributed by atoms with E-state index in [0.717, 1.165) is 42.6 Å². The van der Waals surface area contributed by atoms with Crippen LogP contribution < -0.4 is 5.32 Å². The molecule has 1 atom stereocenters. The Balaban J connectivity index is 2.24. The Morgan fingerprint density at radius 1 is 1.08 bits per heavy atom. The summed E-state index contributed by atoms with van der Waals surface area (Å²) in [6.07, 6.45) is 4.45. The molecular formula is C30H48N4O2. The third-order valence-corrected chi connectivity index (χ3v) is 6.29. The SMILES string of the molecule is CCCCCN(CC(=O)Nc1cc(C(C)(C)C)nn1-c1ccccc1C)C(=O)CC(C)CC(C)(C)C. The van der Waals surface area contributed by atoms with Gasteiger partial charge in [0.05, 0.1) is 17.9 Å². The molecule has 0 aliphatic carbocycles. The van der Waals surface area contributed by atoms with E-state index in [-0.39, 0.29) is 35.1 Å². The summed E-state index contributed by atoms with van der Waals surface area (Å²) in [6, 6.07) is 9.94. The maximum atomic E-state index is 13.3. The van der Waals surface area contributed by atoms with E-state index in [1.54, 1.807) is 4.90 Å². The highest BCUT2D eigenvalue weighted by Crippen LogP contribution is 2.28. The quantitative estimate of drug-likeness (QED) is 0.344. The molecule has 1 aromatic heterocycles. The van der Waals surface area contributed by atoms with Crippen LogP contribution in [0.15, 0.2) is 30.3 Å². The van der Waals surface area contributed by atoms with Crippen molar-refractivity contribution in [3.05, 3.63) is 41.6 Å². The topological polar surface area (TPSA) is 67.2 Å². The molecule has 0 saturated heterocycles. The van der Waals surface area contributed by atoms with Crippen molar-refractivity contribution >= 4 is 17.6 Å². The molecule has 0 fully saturated rings. The number of carbonyl (C=O) groups is 2. The summed E-state index contributed by atoms with van der Waals surface area (Å²) >= 11 is 0. The van der Waals surface area contributed by atoms with Crippen LogP contribution in [-0.4, -0.2) is 39.6 Å². The molecule has 2 aromatic rings. The number of amides is 2. The van der Waals surface area contributed by atoms with Crippen LogP contribution in [0.3, 0.4) is 0 Å². The number of aromatic nitrogens is 2. The first-order valence-electron chi connectivity index (χ1n) is 13.5. The number of para-hydroxylation sites is 1. The number of anilines is 1. The number of nitrogens with zero attached hydrogens (tertiary/aromatic N) is 3. The number of unbranched alkanes of at least 4 members (excludes halogenated alkanes) is 2. The number of benzene rings is 1. The number of nitrogens with one attached hydrogen (secondary N) is 1. The molecule has 0 bridgehead atoms. The second-order valence-electron chi connectivity index (χ2n) is 12.5. The highest BCUT2D eigenvalue weighted by atomic mass is 16.2. The van der Waals surface area contributed by atoms with Crippen LogP contribution >= 0.6 is 0 Å².